The number of aryl methyl sites for hydroxylation is 2. The number of methoxy groups -OCH3 is 1. The van der Waals surface area contributed by atoms with Gasteiger partial charge in [-0.2, -0.15) is 0 Å². The second-order valence-electron chi connectivity index (χ2n) is 4.51. The van der Waals surface area contributed by atoms with Crippen molar-refractivity contribution < 1.29 is 9.53 Å². The zero-order valence-corrected chi connectivity index (χ0v) is 13.2. The van der Waals surface area contributed by atoms with Crippen LogP contribution in [0.3, 0.4) is 0 Å². The number of imidazole rings is 1. The summed E-state index contributed by atoms with van der Waals surface area (Å²) in [6, 6.07) is 1.73. The van der Waals surface area contributed by atoms with E-state index in [-0.39, 0.29) is 0 Å². The van der Waals surface area contributed by atoms with Crippen LogP contribution < -0.4 is 0 Å². The average molecular weight is 350 g/mol. The summed E-state index contributed by atoms with van der Waals surface area (Å²) in [5.41, 5.74) is 1.84. The molecule has 0 aromatic carbocycles. The van der Waals surface area contributed by atoms with E-state index in [2.05, 4.69) is 31.1 Å². The topological polar surface area (TPSA) is 74.3 Å². The smallest absolute Gasteiger partial charge is 0.339 e. The summed E-state index contributed by atoms with van der Waals surface area (Å²) >= 11 is 3.41. The van der Waals surface area contributed by atoms with Gasteiger partial charge >= 0.3 is 5.97 Å². The molecular formula is C13H12BrN5O2. The van der Waals surface area contributed by atoms with Crippen LogP contribution >= 0.6 is 15.9 Å². The Balaban J connectivity index is 2.38. The molecule has 3 heterocycles. The summed E-state index contributed by atoms with van der Waals surface area (Å²) < 4.78 is 9.18. The zero-order valence-electron chi connectivity index (χ0n) is 11.7. The third kappa shape index (κ3) is 2.11. The molecule has 0 unspecified atom stereocenters. The van der Waals surface area contributed by atoms with Crippen LogP contribution in [0.4, 0.5) is 0 Å². The number of halogens is 1. The van der Waals surface area contributed by atoms with Crippen LogP contribution in [0.15, 0.2) is 23.1 Å². The first kappa shape index (κ1) is 13.7. The van der Waals surface area contributed by atoms with Gasteiger partial charge in [-0.25, -0.2) is 9.78 Å². The Kier molecular flexibility index (Phi) is 3.25. The Morgan fingerprint density at radius 2 is 1.95 bits per heavy atom. The third-order valence-corrected chi connectivity index (χ3v) is 3.78. The van der Waals surface area contributed by atoms with Gasteiger partial charge in [-0.15, -0.1) is 10.2 Å². The predicted octanol–water partition coefficient (Wildman–Crippen LogP) is 2.08. The summed E-state index contributed by atoms with van der Waals surface area (Å²) in [5.74, 6) is 1.02. The van der Waals surface area contributed by atoms with E-state index in [9.17, 15) is 4.79 Å². The van der Waals surface area contributed by atoms with Crippen molar-refractivity contribution in [3.63, 3.8) is 0 Å². The van der Waals surface area contributed by atoms with Crippen molar-refractivity contribution in [2.75, 3.05) is 7.11 Å². The fraction of sp³-hybridized carbons (Fsp3) is 0.231. The number of fused-ring (bicyclic) bond motifs is 1. The predicted molar refractivity (Wildman–Crippen MR) is 78.6 cm³/mol. The van der Waals surface area contributed by atoms with Gasteiger partial charge in [-0.05, 0) is 35.8 Å². The number of nitrogens with zero attached hydrogens (tertiary/aromatic N) is 5. The van der Waals surface area contributed by atoms with E-state index in [1.807, 2.05) is 18.4 Å². The van der Waals surface area contributed by atoms with Gasteiger partial charge < -0.3 is 4.74 Å². The Morgan fingerprint density at radius 3 is 2.57 bits per heavy atom. The maximum absolute atomic E-state index is 11.9. The van der Waals surface area contributed by atoms with Crippen molar-refractivity contribution in [3.8, 4) is 5.69 Å². The monoisotopic (exact) mass is 349 g/mol. The van der Waals surface area contributed by atoms with E-state index in [4.69, 9.17) is 4.74 Å². The molecule has 0 atom stereocenters. The van der Waals surface area contributed by atoms with Gasteiger partial charge in [-0.1, -0.05) is 0 Å². The maximum Gasteiger partial charge on any atom is 0.339 e. The second kappa shape index (κ2) is 4.96. The Hall–Kier alpha value is -2.22. The minimum absolute atomic E-state index is 0.415. The second-order valence-corrected chi connectivity index (χ2v) is 5.32. The number of hydrogen-bond donors (Lipinski definition) is 0. The summed E-state index contributed by atoms with van der Waals surface area (Å²) in [7, 11) is 1.35. The first-order chi connectivity index (χ1) is 10.0. The molecular weight excluding hydrogens is 338 g/mol. The molecule has 0 N–H and O–H groups in total. The number of rotatable bonds is 2. The maximum atomic E-state index is 11.9. The minimum atomic E-state index is -0.415. The first-order valence-corrected chi connectivity index (χ1v) is 6.96. The van der Waals surface area contributed by atoms with Gasteiger partial charge in [0.05, 0.1) is 24.6 Å². The van der Waals surface area contributed by atoms with Crippen molar-refractivity contribution in [2.24, 2.45) is 0 Å². The van der Waals surface area contributed by atoms with Crippen molar-refractivity contribution >= 4 is 27.5 Å². The molecule has 0 aliphatic rings. The molecule has 21 heavy (non-hydrogen) atoms. The molecule has 0 fully saturated rings. The molecule has 0 aliphatic carbocycles. The molecule has 8 heteroatoms. The standard InChI is InChI=1S/C13H12BrN5O2/c1-7-16-17-8(2)19(7)10-4-9(13(20)21-3)6-18-11(14)5-15-12(10)18/h4-6H,1-3H3. The van der Waals surface area contributed by atoms with Gasteiger partial charge in [0.1, 0.15) is 16.3 Å². The molecule has 3 aromatic rings. The third-order valence-electron chi connectivity index (χ3n) is 3.19. The summed E-state index contributed by atoms with van der Waals surface area (Å²) in [6.07, 6.45) is 3.35. The normalized spacial score (nSPS) is 11.0. The number of pyridine rings is 1. The first-order valence-electron chi connectivity index (χ1n) is 6.17. The summed E-state index contributed by atoms with van der Waals surface area (Å²) in [6.45, 7) is 3.69. The molecule has 108 valence electrons. The van der Waals surface area contributed by atoms with Crippen LogP contribution in [0.1, 0.15) is 22.0 Å². The minimum Gasteiger partial charge on any atom is -0.465 e. The number of carbonyl (C=O) groups is 1. The molecule has 0 saturated carbocycles. The van der Waals surface area contributed by atoms with Gasteiger partial charge in [0.15, 0.2) is 5.65 Å². The molecule has 3 rings (SSSR count). The zero-order chi connectivity index (χ0) is 15.1. The number of ether oxygens (including phenoxy) is 1. The molecule has 0 bridgehead atoms. The number of carbonyl (C=O) groups excluding carboxylic acids is 1. The van der Waals surface area contributed by atoms with Crippen molar-refractivity contribution in [3.05, 3.63) is 40.3 Å². The van der Waals surface area contributed by atoms with Crippen LogP contribution in [0.5, 0.6) is 0 Å². The van der Waals surface area contributed by atoms with Crippen molar-refractivity contribution in [1.29, 1.82) is 0 Å². The number of esters is 1. The fourth-order valence-corrected chi connectivity index (χ4v) is 2.62. The number of aromatic nitrogens is 5. The summed E-state index contributed by atoms with van der Waals surface area (Å²) in [5, 5.41) is 8.10. The van der Waals surface area contributed by atoms with Crippen LogP contribution in [-0.2, 0) is 4.74 Å². The van der Waals surface area contributed by atoms with E-state index in [1.165, 1.54) is 7.11 Å². The van der Waals surface area contributed by atoms with Crippen molar-refractivity contribution in [2.45, 2.75) is 13.8 Å². The molecule has 0 saturated heterocycles. The van der Waals surface area contributed by atoms with E-state index >= 15 is 0 Å². The molecule has 7 nitrogen and oxygen atoms in total. The highest BCUT2D eigenvalue weighted by Crippen LogP contribution is 2.23. The largest absolute Gasteiger partial charge is 0.465 e. The quantitative estimate of drug-likeness (QED) is 0.662. The average Bonchev–Trinajstić information content (AvgIpc) is 3.01. The molecule has 0 spiro atoms. The lowest BCUT2D eigenvalue weighted by Gasteiger charge is -2.10. The summed E-state index contributed by atoms with van der Waals surface area (Å²) in [4.78, 5) is 16.2. The molecule has 0 radical (unpaired) electrons. The molecule has 0 amide bonds. The Labute approximate surface area is 128 Å². The lowest BCUT2D eigenvalue weighted by atomic mass is 10.2. The van der Waals surface area contributed by atoms with Gasteiger partial charge in [0, 0.05) is 6.20 Å². The lowest BCUT2D eigenvalue weighted by molar-refractivity contribution is 0.0600. The van der Waals surface area contributed by atoms with Gasteiger partial charge in [0.2, 0.25) is 0 Å². The van der Waals surface area contributed by atoms with Crippen LogP contribution in [0.2, 0.25) is 0 Å². The van der Waals surface area contributed by atoms with E-state index < -0.39 is 5.97 Å². The Morgan fingerprint density at radius 1 is 1.29 bits per heavy atom. The highest BCUT2D eigenvalue weighted by Gasteiger charge is 2.17. The van der Waals surface area contributed by atoms with Crippen LogP contribution in [-0.4, -0.2) is 37.2 Å². The van der Waals surface area contributed by atoms with Crippen molar-refractivity contribution in [1.82, 2.24) is 24.1 Å². The SMILES string of the molecule is COC(=O)c1cc(-n2c(C)nnc2C)c2ncc(Br)n2c1. The van der Waals surface area contributed by atoms with E-state index in [0.717, 1.165) is 21.9 Å². The van der Waals surface area contributed by atoms with Crippen LogP contribution in [0.25, 0.3) is 11.3 Å². The van der Waals surface area contributed by atoms with E-state index in [1.54, 1.807) is 22.9 Å². The number of hydrogen-bond acceptors (Lipinski definition) is 5. The lowest BCUT2D eigenvalue weighted by Crippen LogP contribution is -2.08. The highest BCUT2D eigenvalue weighted by molar-refractivity contribution is 9.10. The Bertz CT molecular complexity index is 832. The van der Waals surface area contributed by atoms with Gasteiger partial charge in [0.25, 0.3) is 0 Å². The highest BCUT2D eigenvalue weighted by atomic mass is 79.9. The fourth-order valence-electron chi connectivity index (χ4n) is 2.25. The molecule has 0 aliphatic heterocycles. The van der Waals surface area contributed by atoms with E-state index in [0.29, 0.717) is 11.2 Å². The molecule has 3 aromatic heterocycles. The van der Waals surface area contributed by atoms with Crippen LogP contribution in [0, 0.1) is 13.8 Å². The van der Waals surface area contributed by atoms with Gasteiger partial charge in [-0.3, -0.25) is 8.97 Å².